The van der Waals surface area contributed by atoms with Crippen LogP contribution in [0.1, 0.15) is 15.9 Å². The Balaban J connectivity index is 1.74. The molecule has 0 atom stereocenters. The Labute approximate surface area is 215 Å². The van der Waals surface area contributed by atoms with Crippen molar-refractivity contribution in [3.05, 3.63) is 132 Å². The third-order valence-corrected chi connectivity index (χ3v) is 6.80. The lowest BCUT2D eigenvalue weighted by atomic mass is 10.0. The smallest absolute Gasteiger partial charge is 0.291 e. The molecule has 0 bridgehead atoms. The zero-order chi connectivity index (χ0) is 25.4. The fraction of sp³-hybridized carbons (Fsp3) is 0.0625. The summed E-state index contributed by atoms with van der Waals surface area (Å²) in [5, 5.41) is 7.67. The zero-order valence-corrected chi connectivity index (χ0v) is 20.8. The molecule has 2 aromatic heterocycles. The van der Waals surface area contributed by atoms with Crippen LogP contribution in [0.5, 0.6) is 0 Å². The number of carbonyl (C=O) groups is 1. The molecule has 0 unspecified atom stereocenters. The predicted octanol–water partition coefficient (Wildman–Crippen LogP) is 5.22. The van der Waals surface area contributed by atoms with Gasteiger partial charge >= 0.3 is 0 Å². The Kier molecular flexibility index (Phi) is 5.66. The van der Waals surface area contributed by atoms with Crippen LogP contribution in [0.25, 0.3) is 33.6 Å². The number of imidazole rings is 1. The molecular weight excluding hydrogens is 456 g/mol. The number of hydrogen-bond donors (Lipinski definition) is 2. The van der Waals surface area contributed by atoms with Crippen LogP contribution in [0.15, 0.2) is 115 Å². The maximum Gasteiger partial charge on any atom is 0.291 e. The molecule has 6 rings (SSSR count). The molecule has 0 aliphatic heterocycles. The summed E-state index contributed by atoms with van der Waals surface area (Å²) < 4.78 is 4.48. The first-order chi connectivity index (χ1) is 18.1. The van der Waals surface area contributed by atoms with Gasteiger partial charge in [0.15, 0.2) is 22.2 Å². The van der Waals surface area contributed by atoms with Gasteiger partial charge < -0.3 is 10.6 Å². The molecule has 0 saturated carbocycles. The van der Waals surface area contributed by atoms with Crippen molar-refractivity contribution in [3.8, 4) is 11.1 Å². The number of benzene rings is 4. The van der Waals surface area contributed by atoms with Gasteiger partial charge in [-0.1, -0.05) is 78.9 Å². The number of aryl methyl sites for hydroxylation is 2. The van der Waals surface area contributed by atoms with E-state index in [-0.39, 0.29) is 5.91 Å². The van der Waals surface area contributed by atoms with Crippen LogP contribution in [0, 0.1) is 6.92 Å². The van der Waals surface area contributed by atoms with Crippen molar-refractivity contribution >= 4 is 34.1 Å². The number of hydrogen-bond acceptors (Lipinski definition) is 2. The molecule has 37 heavy (non-hydrogen) atoms. The van der Waals surface area contributed by atoms with Crippen molar-refractivity contribution in [2.45, 2.75) is 6.92 Å². The van der Waals surface area contributed by atoms with Crippen LogP contribution in [-0.4, -0.2) is 10.3 Å². The standard InChI is InChI=1S/C32H26N4O/c1-22-28(23-14-6-3-7-15-23)29(36-27-21-13-12-20-26(27)35(2)32(22)36)30(33-25-18-10-5-11-19-25)34-31(37)24-16-8-4-9-17-24/h3-21H,1-2H3,(H,33,34,37)/p+1. The van der Waals surface area contributed by atoms with Gasteiger partial charge in [0.1, 0.15) is 0 Å². The van der Waals surface area contributed by atoms with Gasteiger partial charge in [-0.3, -0.25) is 4.79 Å². The fourth-order valence-electron chi connectivity index (χ4n) is 5.15. The molecule has 2 heterocycles. The minimum atomic E-state index is -0.175. The van der Waals surface area contributed by atoms with E-state index < -0.39 is 0 Å². The Bertz CT molecular complexity index is 1790. The zero-order valence-electron chi connectivity index (χ0n) is 20.8. The summed E-state index contributed by atoms with van der Waals surface area (Å²) in [6.07, 6.45) is 0. The molecule has 0 fully saturated rings. The van der Waals surface area contributed by atoms with Gasteiger partial charge in [-0.2, -0.15) is 4.40 Å². The van der Waals surface area contributed by atoms with Crippen LogP contribution in [0.3, 0.4) is 0 Å². The van der Waals surface area contributed by atoms with E-state index in [9.17, 15) is 4.79 Å². The first kappa shape index (κ1) is 22.6. The quantitative estimate of drug-likeness (QED) is 0.331. The maximum absolute atomic E-state index is 13.5. The summed E-state index contributed by atoms with van der Waals surface area (Å²) in [5.74, 6) is 0.448. The Morgan fingerprint density at radius 3 is 2.05 bits per heavy atom. The van der Waals surface area contributed by atoms with Crippen LogP contribution >= 0.6 is 0 Å². The van der Waals surface area contributed by atoms with Gasteiger partial charge in [0.2, 0.25) is 0 Å². The van der Waals surface area contributed by atoms with Gasteiger partial charge in [0.25, 0.3) is 11.6 Å². The summed E-state index contributed by atoms with van der Waals surface area (Å²) >= 11 is 0. The molecule has 6 aromatic rings. The highest BCUT2D eigenvalue weighted by atomic mass is 16.1. The number of nitrogens with zero attached hydrogens (tertiary/aromatic N) is 2. The van der Waals surface area contributed by atoms with Crippen molar-refractivity contribution in [1.82, 2.24) is 9.72 Å². The number of fused-ring (bicyclic) bond motifs is 3. The number of para-hydroxylation sites is 3. The second-order valence-electron chi connectivity index (χ2n) is 9.11. The fourth-order valence-corrected chi connectivity index (χ4v) is 5.15. The van der Waals surface area contributed by atoms with Gasteiger partial charge in [-0.05, 0) is 48.9 Å². The van der Waals surface area contributed by atoms with Crippen molar-refractivity contribution in [2.75, 3.05) is 5.32 Å². The highest BCUT2D eigenvalue weighted by molar-refractivity contribution is 5.99. The maximum atomic E-state index is 13.5. The second-order valence-corrected chi connectivity index (χ2v) is 9.11. The molecule has 1 amide bonds. The van der Waals surface area contributed by atoms with Crippen molar-refractivity contribution in [2.24, 2.45) is 7.05 Å². The molecule has 0 aliphatic rings. The van der Waals surface area contributed by atoms with E-state index in [4.69, 9.17) is 0 Å². The van der Waals surface area contributed by atoms with E-state index in [1.165, 1.54) is 0 Å². The van der Waals surface area contributed by atoms with Gasteiger partial charge in [0.05, 0.1) is 12.6 Å². The molecule has 5 heteroatoms. The molecule has 5 nitrogen and oxygen atoms in total. The van der Waals surface area contributed by atoms with Crippen LogP contribution in [0.4, 0.5) is 5.69 Å². The Hall–Kier alpha value is -4.90. The SMILES string of the molecule is Cc1c(-c2ccccc2)/c(=C(/NC(=O)c2ccccc2)Nc2ccccc2)n2c3ccccc3[n+](C)c12. The van der Waals surface area contributed by atoms with Crippen LogP contribution in [0.2, 0.25) is 0 Å². The summed E-state index contributed by atoms with van der Waals surface area (Å²) in [7, 11) is 2.09. The highest BCUT2D eigenvalue weighted by Crippen LogP contribution is 2.27. The molecule has 4 aromatic carbocycles. The normalized spacial score (nSPS) is 12.1. The lowest BCUT2D eigenvalue weighted by molar-refractivity contribution is -0.618. The number of amides is 1. The molecule has 180 valence electrons. The average molecular weight is 484 g/mol. The molecular formula is C32H27N4O+. The third kappa shape index (κ3) is 3.91. The Morgan fingerprint density at radius 1 is 0.757 bits per heavy atom. The topological polar surface area (TPSA) is 49.4 Å². The number of anilines is 1. The number of carbonyl (C=O) groups excluding carboxylic acids is 1. The van der Waals surface area contributed by atoms with Gasteiger partial charge in [-0.25, -0.2) is 4.57 Å². The van der Waals surface area contributed by atoms with E-state index in [1.807, 2.05) is 78.9 Å². The molecule has 0 saturated heterocycles. The van der Waals surface area contributed by atoms with Crippen molar-refractivity contribution in [1.29, 1.82) is 0 Å². The molecule has 0 aliphatic carbocycles. The minimum Gasteiger partial charge on any atom is -0.338 e. The van der Waals surface area contributed by atoms with Crippen LogP contribution in [-0.2, 0) is 7.05 Å². The first-order valence-corrected chi connectivity index (χ1v) is 12.3. The molecule has 2 N–H and O–H groups in total. The number of aromatic nitrogens is 2. The van der Waals surface area contributed by atoms with Crippen LogP contribution < -0.4 is 20.5 Å². The lowest BCUT2D eigenvalue weighted by Crippen LogP contribution is -2.34. The highest BCUT2D eigenvalue weighted by Gasteiger charge is 2.29. The van der Waals surface area contributed by atoms with Gasteiger partial charge in [-0.15, -0.1) is 0 Å². The van der Waals surface area contributed by atoms with E-state index in [1.54, 1.807) is 0 Å². The third-order valence-electron chi connectivity index (χ3n) is 6.80. The van der Waals surface area contributed by atoms with Crippen molar-refractivity contribution in [3.63, 3.8) is 0 Å². The Morgan fingerprint density at radius 2 is 1.35 bits per heavy atom. The summed E-state index contributed by atoms with van der Waals surface area (Å²) in [5.41, 5.74) is 8.05. The molecule has 0 spiro atoms. The second kappa shape index (κ2) is 9.28. The van der Waals surface area contributed by atoms with Gasteiger partial charge in [0, 0.05) is 16.8 Å². The largest absolute Gasteiger partial charge is 0.338 e. The van der Waals surface area contributed by atoms with Crippen molar-refractivity contribution < 1.29 is 9.36 Å². The molecule has 0 radical (unpaired) electrons. The summed E-state index contributed by atoms with van der Waals surface area (Å²) in [4.78, 5) is 13.5. The summed E-state index contributed by atoms with van der Waals surface area (Å²) in [6, 6.07) is 37.9. The lowest BCUT2D eigenvalue weighted by Gasteiger charge is -2.13. The monoisotopic (exact) mass is 483 g/mol. The number of rotatable bonds is 5. The van der Waals surface area contributed by atoms with E-state index in [0.717, 1.165) is 44.4 Å². The first-order valence-electron chi connectivity index (χ1n) is 12.3. The minimum absolute atomic E-state index is 0.175. The summed E-state index contributed by atoms with van der Waals surface area (Å²) in [6.45, 7) is 2.15. The van der Waals surface area contributed by atoms with E-state index in [2.05, 4.69) is 70.0 Å². The van der Waals surface area contributed by atoms with E-state index >= 15 is 0 Å². The van der Waals surface area contributed by atoms with E-state index in [0.29, 0.717) is 11.4 Å². The average Bonchev–Trinajstić information content (AvgIpc) is 3.42. The number of nitrogens with one attached hydrogen (secondary N) is 2. The predicted molar refractivity (Wildman–Crippen MR) is 149 cm³/mol.